The number of aromatic nitrogens is 5. The Morgan fingerprint density at radius 2 is 2.25 bits per heavy atom. The molecule has 0 aromatic carbocycles. The number of rotatable bonds is 4. The maximum atomic E-state index is 12.3. The molecule has 2 aromatic heterocycles. The van der Waals surface area contributed by atoms with E-state index in [2.05, 4.69) is 30.5 Å². The van der Waals surface area contributed by atoms with Crippen molar-refractivity contribution in [1.29, 1.82) is 0 Å². The van der Waals surface area contributed by atoms with E-state index in [0.717, 1.165) is 0 Å². The molecule has 2 heterocycles. The van der Waals surface area contributed by atoms with E-state index in [1.807, 2.05) is 0 Å². The first-order valence-corrected chi connectivity index (χ1v) is 7.06. The van der Waals surface area contributed by atoms with Gasteiger partial charge in [0.2, 0.25) is 0 Å². The van der Waals surface area contributed by atoms with Gasteiger partial charge in [0.1, 0.15) is 17.2 Å². The molecule has 0 spiro atoms. The van der Waals surface area contributed by atoms with E-state index in [0.29, 0.717) is 22.1 Å². The Morgan fingerprint density at radius 1 is 1.50 bits per heavy atom. The van der Waals surface area contributed by atoms with Crippen LogP contribution in [0.4, 0.5) is 0 Å². The van der Waals surface area contributed by atoms with Crippen molar-refractivity contribution >= 4 is 17.7 Å². The molecule has 106 valence electrons. The van der Waals surface area contributed by atoms with Crippen molar-refractivity contribution in [2.75, 3.05) is 6.26 Å². The second-order valence-corrected chi connectivity index (χ2v) is 4.91. The summed E-state index contributed by atoms with van der Waals surface area (Å²) in [5.74, 6) is 0.235. The van der Waals surface area contributed by atoms with E-state index in [-0.39, 0.29) is 11.9 Å². The third kappa shape index (κ3) is 2.87. The number of aromatic amines is 2. The molecule has 1 atom stereocenters. The first kappa shape index (κ1) is 14.3. The second kappa shape index (κ2) is 5.87. The third-order valence-corrected chi connectivity index (χ3v) is 3.38. The predicted molar refractivity (Wildman–Crippen MR) is 73.6 cm³/mol. The van der Waals surface area contributed by atoms with Crippen molar-refractivity contribution in [3.05, 3.63) is 33.9 Å². The predicted octanol–water partition coefficient (Wildman–Crippen LogP) is 0.409. The molecule has 3 N–H and O–H groups in total. The molecular weight excluding hydrogens is 280 g/mol. The van der Waals surface area contributed by atoms with Crippen LogP contribution in [-0.2, 0) is 0 Å². The lowest BCUT2D eigenvalue weighted by atomic mass is 10.2. The monoisotopic (exact) mass is 294 g/mol. The van der Waals surface area contributed by atoms with E-state index in [4.69, 9.17) is 0 Å². The maximum Gasteiger partial charge on any atom is 0.346 e. The Bertz CT molecular complexity index is 666. The van der Waals surface area contributed by atoms with Crippen LogP contribution in [0.15, 0.2) is 16.1 Å². The van der Waals surface area contributed by atoms with Crippen LogP contribution >= 0.6 is 11.8 Å². The molecule has 9 heteroatoms. The Morgan fingerprint density at radius 3 is 2.85 bits per heavy atom. The maximum absolute atomic E-state index is 12.3. The van der Waals surface area contributed by atoms with Gasteiger partial charge >= 0.3 is 5.69 Å². The van der Waals surface area contributed by atoms with Crippen LogP contribution in [-0.4, -0.2) is 37.3 Å². The van der Waals surface area contributed by atoms with Crippen molar-refractivity contribution in [1.82, 2.24) is 30.5 Å². The van der Waals surface area contributed by atoms with Crippen molar-refractivity contribution < 1.29 is 4.79 Å². The lowest BCUT2D eigenvalue weighted by Crippen LogP contribution is -2.30. The fourth-order valence-corrected chi connectivity index (χ4v) is 2.36. The van der Waals surface area contributed by atoms with E-state index >= 15 is 0 Å². The molecule has 0 radical (unpaired) electrons. The molecule has 0 bridgehead atoms. The number of amides is 1. The summed E-state index contributed by atoms with van der Waals surface area (Å²) >= 11 is 1.25. The van der Waals surface area contributed by atoms with Gasteiger partial charge in [-0.3, -0.25) is 9.89 Å². The fourth-order valence-electron chi connectivity index (χ4n) is 1.74. The number of carbonyl (C=O) groups excluding carboxylic acids is 1. The molecule has 1 unspecified atom stereocenters. The van der Waals surface area contributed by atoms with E-state index in [1.54, 1.807) is 20.1 Å². The molecular formula is C11H14N6O2S. The van der Waals surface area contributed by atoms with Gasteiger partial charge in [-0.05, 0) is 20.1 Å². The highest BCUT2D eigenvalue weighted by Gasteiger charge is 2.20. The minimum atomic E-state index is -0.466. The smallest absolute Gasteiger partial charge is 0.342 e. The van der Waals surface area contributed by atoms with Crippen LogP contribution in [0.2, 0.25) is 0 Å². The minimum Gasteiger partial charge on any atom is -0.342 e. The molecule has 8 nitrogen and oxygen atoms in total. The molecule has 2 aromatic rings. The summed E-state index contributed by atoms with van der Waals surface area (Å²) in [6.45, 7) is 3.45. The highest BCUT2D eigenvalue weighted by molar-refractivity contribution is 7.98. The fraction of sp³-hybridized carbons (Fsp3) is 0.364. The molecule has 1 amide bonds. The van der Waals surface area contributed by atoms with Crippen LogP contribution in [0.1, 0.15) is 34.8 Å². The molecule has 2 rings (SSSR count). The van der Waals surface area contributed by atoms with Crippen LogP contribution < -0.4 is 11.0 Å². The summed E-state index contributed by atoms with van der Waals surface area (Å²) < 4.78 is 0. The van der Waals surface area contributed by atoms with Crippen molar-refractivity contribution in [2.45, 2.75) is 24.9 Å². The van der Waals surface area contributed by atoms with Gasteiger partial charge in [-0.1, -0.05) is 0 Å². The first-order chi connectivity index (χ1) is 9.52. The standard InChI is InChI=1S/C11H14N6O2S/c1-5-7(10(20-3)16-11(19)15-5)9(18)14-6(2)8-12-4-13-17-8/h4,6H,1-3H3,(H,14,18)(H,12,13,17)(H,15,16,19). The highest BCUT2D eigenvalue weighted by Crippen LogP contribution is 2.19. The lowest BCUT2D eigenvalue weighted by molar-refractivity contribution is 0.0933. The number of H-pyrrole nitrogens is 2. The van der Waals surface area contributed by atoms with Gasteiger partial charge in [0, 0.05) is 5.69 Å². The van der Waals surface area contributed by atoms with Gasteiger partial charge in [0.15, 0.2) is 0 Å². The quantitative estimate of drug-likeness (QED) is 0.555. The number of hydrogen-bond acceptors (Lipinski definition) is 6. The SMILES string of the molecule is CSc1nc(=O)[nH]c(C)c1C(=O)NC(C)c1ncn[nH]1. The zero-order chi connectivity index (χ0) is 14.7. The number of hydrogen-bond donors (Lipinski definition) is 3. The largest absolute Gasteiger partial charge is 0.346 e. The zero-order valence-electron chi connectivity index (χ0n) is 11.2. The second-order valence-electron chi connectivity index (χ2n) is 4.12. The average molecular weight is 294 g/mol. The Balaban J connectivity index is 2.28. The zero-order valence-corrected chi connectivity index (χ0v) is 12.0. The first-order valence-electron chi connectivity index (χ1n) is 5.84. The van der Waals surface area contributed by atoms with E-state index in [1.165, 1.54) is 18.1 Å². The number of aryl methyl sites for hydroxylation is 1. The summed E-state index contributed by atoms with van der Waals surface area (Å²) in [6.07, 6.45) is 3.13. The number of nitrogens with zero attached hydrogens (tertiary/aromatic N) is 3. The Labute approximate surface area is 118 Å². The Hall–Kier alpha value is -2.16. The Kier molecular flexibility index (Phi) is 4.18. The summed E-state index contributed by atoms with van der Waals surface area (Å²) in [5.41, 5.74) is 0.381. The molecule has 0 saturated carbocycles. The van der Waals surface area contributed by atoms with Gasteiger partial charge in [-0.25, -0.2) is 9.78 Å². The number of carbonyl (C=O) groups is 1. The summed E-state index contributed by atoms with van der Waals surface area (Å²) in [6, 6.07) is -0.328. The normalized spacial score (nSPS) is 12.2. The van der Waals surface area contributed by atoms with E-state index < -0.39 is 5.69 Å². The number of thioether (sulfide) groups is 1. The van der Waals surface area contributed by atoms with Crippen LogP contribution in [0.5, 0.6) is 0 Å². The van der Waals surface area contributed by atoms with Crippen molar-refractivity contribution in [3.63, 3.8) is 0 Å². The molecule has 0 aliphatic carbocycles. The van der Waals surface area contributed by atoms with Gasteiger partial charge in [-0.15, -0.1) is 11.8 Å². The average Bonchev–Trinajstić information content (AvgIpc) is 2.91. The summed E-state index contributed by atoms with van der Waals surface area (Å²) in [4.78, 5) is 33.9. The van der Waals surface area contributed by atoms with Gasteiger partial charge in [-0.2, -0.15) is 10.1 Å². The van der Waals surface area contributed by atoms with Crippen LogP contribution in [0.25, 0.3) is 0 Å². The molecule has 0 aliphatic rings. The third-order valence-electron chi connectivity index (χ3n) is 2.70. The van der Waals surface area contributed by atoms with Gasteiger partial charge in [0.25, 0.3) is 5.91 Å². The molecule has 0 saturated heterocycles. The summed E-state index contributed by atoms with van der Waals surface area (Å²) in [7, 11) is 0. The topological polar surface area (TPSA) is 116 Å². The lowest BCUT2D eigenvalue weighted by Gasteiger charge is -2.13. The number of nitrogens with one attached hydrogen (secondary N) is 3. The molecule has 0 fully saturated rings. The van der Waals surface area contributed by atoms with E-state index in [9.17, 15) is 9.59 Å². The van der Waals surface area contributed by atoms with Crippen molar-refractivity contribution in [3.8, 4) is 0 Å². The highest BCUT2D eigenvalue weighted by atomic mass is 32.2. The van der Waals surface area contributed by atoms with Crippen LogP contribution in [0.3, 0.4) is 0 Å². The molecule has 0 aliphatic heterocycles. The summed E-state index contributed by atoms with van der Waals surface area (Å²) in [5, 5.41) is 9.61. The van der Waals surface area contributed by atoms with Gasteiger partial charge < -0.3 is 10.3 Å². The molecule has 20 heavy (non-hydrogen) atoms. The minimum absolute atomic E-state index is 0.320. The van der Waals surface area contributed by atoms with Crippen LogP contribution in [0, 0.1) is 6.92 Å². The van der Waals surface area contributed by atoms with Crippen molar-refractivity contribution in [2.24, 2.45) is 0 Å². The van der Waals surface area contributed by atoms with Gasteiger partial charge in [0.05, 0.1) is 11.6 Å².